The maximum atomic E-state index is 5.57. The molecule has 0 aromatic rings. The van der Waals surface area contributed by atoms with Gasteiger partial charge >= 0.3 is 0 Å². The molecule has 3 unspecified atom stereocenters. The van der Waals surface area contributed by atoms with Crippen molar-refractivity contribution in [3.05, 3.63) is 0 Å². The number of nitrogens with one attached hydrogen (secondary N) is 1. The third-order valence-corrected chi connectivity index (χ3v) is 4.56. The summed E-state index contributed by atoms with van der Waals surface area (Å²) in [5.41, 5.74) is 0.423. The minimum atomic E-state index is 0. The van der Waals surface area contributed by atoms with Gasteiger partial charge in [0.25, 0.3) is 0 Å². The van der Waals surface area contributed by atoms with Crippen molar-refractivity contribution < 1.29 is 4.74 Å². The molecule has 104 valence electrons. The summed E-state index contributed by atoms with van der Waals surface area (Å²) in [4.78, 5) is 6.85. The fraction of sp³-hybridized carbons (Fsp3) is 0.923. The van der Waals surface area contributed by atoms with Crippen LogP contribution >= 0.6 is 24.0 Å². The predicted octanol–water partition coefficient (Wildman–Crippen LogP) is 1.70. The number of hydrogen-bond acceptors (Lipinski definition) is 2. The van der Waals surface area contributed by atoms with Crippen LogP contribution in [0.4, 0.5) is 0 Å². The SMILES string of the molecule is CN=C(NC1CC1C)N1CCC2(CCOC2)C1.I. The normalized spacial score (nSPS) is 39.0. The standard InChI is InChI=1S/C13H23N3O.HI/c1-10-7-11(10)15-12(14-2)16-5-3-13(8-16)4-6-17-9-13;/h10-11H,3-9H2,1-2H3,(H,14,15);1H. The van der Waals surface area contributed by atoms with E-state index in [1.54, 1.807) is 0 Å². The zero-order chi connectivity index (χ0) is 11.9. The molecule has 1 aliphatic carbocycles. The number of aliphatic imine (C=N–C) groups is 1. The Morgan fingerprint density at radius 1 is 1.44 bits per heavy atom. The van der Waals surface area contributed by atoms with E-state index in [0.29, 0.717) is 11.5 Å². The second-order valence-electron chi connectivity index (χ2n) is 5.99. The van der Waals surface area contributed by atoms with Crippen LogP contribution in [-0.2, 0) is 4.74 Å². The first kappa shape index (κ1) is 14.4. The summed E-state index contributed by atoms with van der Waals surface area (Å²) in [6, 6.07) is 0.657. The molecule has 2 heterocycles. The second-order valence-corrected chi connectivity index (χ2v) is 5.99. The van der Waals surface area contributed by atoms with Crippen molar-refractivity contribution >= 4 is 29.9 Å². The molecular formula is C13H24IN3O. The topological polar surface area (TPSA) is 36.9 Å². The van der Waals surface area contributed by atoms with E-state index in [1.165, 1.54) is 19.3 Å². The van der Waals surface area contributed by atoms with Crippen molar-refractivity contribution in [1.29, 1.82) is 0 Å². The van der Waals surface area contributed by atoms with Crippen molar-refractivity contribution in [2.24, 2.45) is 16.3 Å². The van der Waals surface area contributed by atoms with Crippen molar-refractivity contribution in [1.82, 2.24) is 10.2 Å². The van der Waals surface area contributed by atoms with E-state index < -0.39 is 0 Å². The summed E-state index contributed by atoms with van der Waals surface area (Å²) in [5.74, 6) is 1.92. The van der Waals surface area contributed by atoms with Crippen molar-refractivity contribution in [3.8, 4) is 0 Å². The number of hydrogen-bond donors (Lipinski definition) is 1. The summed E-state index contributed by atoms with van der Waals surface area (Å²) in [6.07, 6.45) is 3.77. The van der Waals surface area contributed by atoms with Gasteiger partial charge in [0, 0.05) is 38.2 Å². The highest BCUT2D eigenvalue weighted by atomic mass is 127. The van der Waals surface area contributed by atoms with E-state index in [0.717, 1.165) is 38.2 Å². The largest absolute Gasteiger partial charge is 0.381 e. The summed E-state index contributed by atoms with van der Waals surface area (Å²) >= 11 is 0. The Bertz CT molecular complexity index is 328. The highest BCUT2D eigenvalue weighted by molar-refractivity contribution is 14.0. The zero-order valence-electron chi connectivity index (χ0n) is 11.3. The van der Waals surface area contributed by atoms with Gasteiger partial charge in [0.15, 0.2) is 5.96 Å². The van der Waals surface area contributed by atoms with Crippen LogP contribution in [-0.4, -0.2) is 50.3 Å². The Balaban J connectivity index is 0.00000120. The molecule has 0 radical (unpaired) electrons. The molecular weight excluding hydrogens is 341 g/mol. The molecule has 0 amide bonds. The lowest BCUT2D eigenvalue weighted by Gasteiger charge is -2.25. The maximum absolute atomic E-state index is 5.57. The highest BCUT2D eigenvalue weighted by Gasteiger charge is 2.43. The molecule has 4 nitrogen and oxygen atoms in total. The number of guanidine groups is 1. The molecule has 3 atom stereocenters. The van der Waals surface area contributed by atoms with Crippen LogP contribution in [0.3, 0.4) is 0 Å². The van der Waals surface area contributed by atoms with Crippen LogP contribution in [0.2, 0.25) is 0 Å². The number of likely N-dealkylation sites (tertiary alicyclic amines) is 1. The Hall–Kier alpha value is -0.0400. The molecule has 3 aliphatic rings. The van der Waals surface area contributed by atoms with E-state index in [2.05, 4.69) is 22.1 Å². The van der Waals surface area contributed by atoms with Crippen molar-refractivity contribution in [2.75, 3.05) is 33.4 Å². The molecule has 1 saturated carbocycles. The van der Waals surface area contributed by atoms with Crippen LogP contribution in [0.15, 0.2) is 4.99 Å². The van der Waals surface area contributed by atoms with Gasteiger partial charge in [-0.2, -0.15) is 0 Å². The third-order valence-electron chi connectivity index (χ3n) is 4.56. The molecule has 2 saturated heterocycles. The maximum Gasteiger partial charge on any atom is 0.193 e. The molecule has 1 spiro atoms. The molecule has 2 aliphatic heterocycles. The Morgan fingerprint density at radius 3 is 2.78 bits per heavy atom. The molecule has 1 N–H and O–H groups in total. The van der Waals surface area contributed by atoms with Crippen molar-refractivity contribution in [2.45, 2.75) is 32.2 Å². The quantitative estimate of drug-likeness (QED) is 0.437. The van der Waals surface area contributed by atoms with Gasteiger partial charge in [-0.15, -0.1) is 24.0 Å². The van der Waals surface area contributed by atoms with Gasteiger partial charge in [0.05, 0.1) is 6.61 Å². The molecule has 0 aromatic carbocycles. The number of ether oxygens (including phenoxy) is 1. The van der Waals surface area contributed by atoms with Crippen LogP contribution in [0.5, 0.6) is 0 Å². The van der Waals surface area contributed by atoms with Crippen LogP contribution in [0.25, 0.3) is 0 Å². The lowest BCUT2D eigenvalue weighted by Crippen LogP contribution is -2.42. The minimum Gasteiger partial charge on any atom is -0.381 e. The van der Waals surface area contributed by atoms with Gasteiger partial charge in [0.2, 0.25) is 0 Å². The fourth-order valence-electron chi connectivity index (χ4n) is 3.07. The second kappa shape index (κ2) is 5.53. The summed E-state index contributed by atoms with van der Waals surface area (Å²) in [6.45, 7) is 6.43. The van der Waals surface area contributed by atoms with E-state index >= 15 is 0 Å². The van der Waals surface area contributed by atoms with Crippen molar-refractivity contribution in [3.63, 3.8) is 0 Å². The van der Waals surface area contributed by atoms with Gasteiger partial charge < -0.3 is 15.0 Å². The van der Waals surface area contributed by atoms with Gasteiger partial charge in [-0.1, -0.05) is 6.92 Å². The van der Waals surface area contributed by atoms with Crippen LogP contribution in [0.1, 0.15) is 26.2 Å². The molecule has 5 heteroatoms. The number of nitrogens with zero attached hydrogens (tertiary/aromatic N) is 2. The lowest BCUT2D eigenvalue weighted by molar-refractivity contribution is 0.156. The number of rotatable bonds is 1. The summed E-state index contributed by atoms with van der Waals surface area (Å²) < 4.78 is 5.57. The summed E-state index contributed by atoms with van der Waals surface area (Å²) in [7, 11) is 1.89. The molecule has 0 bridgehead atoms. The van der Waals surface area contributed by atoms with E-state index in [-0.39, 0.29) is 24.0 Å². The van der Waals surface area contributed by atoms with E-state index in [4.69, 9.17) is 4.74 Å². The first-order chi connectivity index (χ1) is 8.22. The fourth-order valence-corrected chi connectivity index (χ4v) is 3.07. The summed E-state index contributed by atoms with van der Waals surface area (Å²) in [5, 5.41) is 3.57. The minimum absolute atomic E-state index is 0. The van der Waals surface area contributed by atoms with Gasteiger partial charge in [0.1, 0.15) is 0 Å². The Kier molecular flexibility index (Phi) is 4.41. The molecule has 3 rings (SSSR count). The van der Waals surface area contributed by atoms with Gasteiger partial charge in [-0.05, 0) is 25.2 Å². The monoisotopic (exact) mass is 365 g/mol. The lowest BCUT2D eigenvalue weighted by atomic mass is 9.87. The molecule has 18 heavy (non-hydrogen) atoms. The zero-order valence-corrected chi connectivity index (χ0v) is 13.6. The molecule has 3 fully saturated rings. The Morgan fingerprint density at radius 2 is 2.22 bits per heavy atom. The first-order valence-electron chi connectivity index (χ1n) is 6.78. The van der Waals surface area contributed by atoms with E-state index in [1.807, 2.05) is 7.05 Å². The molecule has 0 aromatic heterocycles. The average Bonchev–Trinajstić information content (AvgIpc) is 2.77. The highest BCUT2D eigenvalue weighted by Crippen LogP contribution is 2.38. The van der Waals surface area contributed by atoms with Gasteiger partial charge in [-0.25, -0.2) is 0 Å². The third kappa shape index (κ3) is 2.76. The predicted molar refractivity (Wildman–Crippen MR) is 83.5 cm³/mol. The Labute approximate surface area is 127 Å². The smallest absolute Gasteiger partial charge is 0.193 e. The van der Waals surface area contributed by atoms with Gasteiger partial charge in [-0.3, -0.25) is 4.99 Å². The first-order valence-corrected chi connectivity index (χ1v) is 6.78. The average molecular weight is 365 g/mol. The van der Waals surface area contributed by atoms with E-state index in [9.17, 15) is 0 Å². The van der Waals surface area contributed by atoms with Crippen LogP contribution < -0.4 is 5.32 Å². The van der Waals surface area contributed by atoms with Crippen LogP contribution in [0, 0.1) is 11.3 Å². The number of halogens is 1.